The first-order valence-electron chi connectivity index (χ1n) is 14.4. The summed E-state index contributed by atoms with van der Waals surface area (Å²) in [4.78, 5) is 43.9. The molecule has 10 nitrogen and oxygen atoms in total. The van der Waals surface area contributed by atoms with Gasteiger partial charge in [0.05, 0.1) is 25.1 Å². The second-order valence-electron chi connectivity index (χ2n) is 10.8. The monoisotopic (exact) mass is 631 g/mol. The number of ether oxygens (including phenoxy) is 3. The molecule has 0 unspecified atom stereocenters. The molecule has 0 bridgehead atoms. The fourth-order valence-corrected chi connectivity index (χ4v) is 7.27. The highest BCUT2D eigenvalue weighted by Crippen LogP contribution is 2.40. The summed E-state index contributed by atoms with van der Waals surface area (Å²) < 4.78 is 16.2. The van der Waals surface area contributed by atoms with Gasteiger partial charge in [-0.2, -0.15) is 0 Å². The van der Waals surface area contributed by atoms with Gasteiger partial charge in [0.25, 0.3) is 0 Å². The standard InChI is InChI=1S/C32H33N5O5S2/c1-20-14-21(2)34-31(33-20)44-18-29(38)37(16-28-36-25(17-43-28)22-6-9-24(40-3)10-7-22)32(12-4-5-13-32)30(39)35-23-8-11-26-27(15-23)42-19-41-26/h6-11,14-15,17H,4-5,12-13,16,18-19H2,1-3H3,(H,35,39). The fraction of sp³-hybridized carbons (Fsp3) is 0.344. The number of aromatic nitrogens is 3. The molecule has 12 heteroatoms. The molecule has 2 aromatic carbocycles. The van der Waals surface area contributed by atoms with Crippen molar-refractivity contribution < 1.29 is 23.8 Å². The number of anilines is 1. The topological polar surface area (TPSA) is 116 Å². The molecule has 6 rings (SSSR count). The van der Waals surface area contributed by atoms with Crippen LogP contribution in [0.2, 0.25) is 0 Å². The van der Waals surface area contributed by atoms with E-state index in [-0.39, 0.29) is 30.9 Å². The molecule has 2 amide bonds. The molecule has 1 fully saturated rings. The second-order valence-corrected chi connectivity index (χ2v) is 12.7. The van der Waals surface area contributed by atoms with Gasteiger partial charge >= 0.3 is 0 Å². The predicted molar refractivity (Wildman–Crippen MR) is 169 cm³/mol. The van der Waals surface area contributed by atoms with Gasteiger partial charge in [-0.3, -0.25) is 9.59 Å². The number of fused-ring (bicyclic) bond motifs is 1. The lowest BCUT2D eigenvalue weighted by molar-refractivity contribution is -0.144. The van der Waals surface area contributed by atoms with Gasteiger partial charge < -0.3 is 24.4 Å². The quantitative estimate of drug-likeness (QED) is 0.166. The lowest BCUT2D eigenvalue weighted by atomic mass is 9.93. The number of carbonyl (C=O) groups excluding carboxylic acids is 2. The van der Waals surface area contributed by atoms with Gasteiger partial charge in [0.15, 0.2) is 16.7 Å². The zero-order valence-electron chi connectivity index (χ0n) is 24.8. The molecule has 4 aromatic rings. The molecular formula is C32H33N5O5S2. The van der Waals surface area contributed by atoms with E-state index in [0.29, 0.717) is 35.2 Å². The molecule has 1 aliphatic carbocycles. The van der Waals surface area contributed by atoms with Crippen molar-refractivity contribution in [3.05, 3.63) is 70.3 Å². The molecule has 228 valence electrons. The van der Waals surface area contributed by atoms with E-state index in [4.69, 9.17) is 19.2 Å². The first-order chi connectivity index (χ1) is 21.3. The van der Waals surface area contributed by atoms with Crippen molar-refractivity contribution in [2.45, 2.75) is 56.8 Å². The third-order valence-corrected chi connectivity index (χ3v) is 9.48. The van der Waals surface area contributed by atoms with Crippen molar-refractivity contribution >= 4 is 40.6 Å². The van der Waals surface area contributed by atoms with Gasteiger partial charge in [0, 0.05) is 34.1 Å². The lowest BCUT2D eigenvalue weighted by Gasteiger charge is -2.39. The largest absolute Gasteiger partial charge is 0.497 e. The Morgan fingerprint density at radius 3 is 2.45 bits per heavy atom. The number of nitrogens with one attached hydrogen (secondary N) is 1. The summed E-state index contributed by atoms with van der Waals surface area (Å²) in [5.41, 5.74) is 2.99. The summed E-state index contributed by atoms with van der Waals surface area (Å²) in [5.74, 6) is 1.69. The van der Waals surface area contributed by atoms with Crippen molar-refractivity contribution in [2.75, 3.05) is 25.0 Å². The van der Waals surface area contributed by atoms with Crippen molar-refractivity contribution in [1.29, 1.82) is 0 Å². The Balaban J connectivity index is 1.29. The van der Waals surface area contributed by atoms with Crippen LogP contribution >= 0.6 is 23.1 Å². The summed E-state index contributed by atoms with van der Waals surface area (Å²) in [5, 5.41) is 6.34. The van der Waals surface area contributed by atoms with Gasteiger partial charge in [-0.1, -0.05) is 24.6 Å². The highest BCUT2D eigenvalue weighted by Gasteiger charge is 2.48. The van der Waals surface area contributed by atoms with Crippen molar-refractivity contribution in [1.82, 2.24) is 19.9 Å². The zero-order valence-corrected chi connectivity index (χ0v) is 26.4. The number of hydrogen-bond donors (Lipinski definition) is 1. The Labute approximate surface area is 264 Å². The van der Waals surface area contributed by atoms with Gasteiger partial charge in [-0.05, 0) is 69.2 Å². The van der Waals surface area contributed by atoms with Gasteiger partial charge in [0.2, 0.25) is 18.6 Å². The number of benzene rings is 2. The maximum Gasteiger partial charge on any atom is 0.250 e. The van der Waals surface area contributed by atoms with Crippen molar-refractivity contribution in [3.63, 3.8) is 0 Å². The fourth-order valence-electron chi connectivity index (χ4n) is 5.65. The Kier molecular flexibility index (Phi) is 8.72. The molecule has 1 N–H and O–H groups in total. The Morgan fingerprint density at radius 2 is 1.73 bits per heavy atom. The van der Waals surface area contributed by atoms with E-state index in [1.807, 2.05) is 49.6 Å². The number of rotatable bonds is 10. The maximum absolute atomic E-state index is 14.2. The van der Waals surface area contributed by atoms with Gasteiger partial charge in [-0.25, -0.2) is 15.0 Å². The van der Waals surface area contributed by atoms with Crippen LogP contribution in [0.3, 0.4) is 0 Å². The number of hydrogen-bond acceptors (Lipinski definition) is 10. The van der Waals surface area contributed by atoms with E-state index in [9.17, 15) is 9.59 Å². The van der Waals surface area contributed by atoms with Crippen LogP contribution in [0.1, 0.15) is 42.1 Å². The summed E-state index contributed by atoms with van der Waals surface area (Å²) in [6, 6.07) is 14.9. The number of aryl methyl sites for hydroxylation is 2. The normalized spacial score (nSPS) is 14.8. The molecule has 0 radical (unpaired) electrons. The number of thioether (sulfide) groups is 1. The third-order valence-electron chi connectivity index (χ3n) is 7.82. The minimum absolute atomic E-state index is 0.0959. The Morgan fingerprint density at radius 1 is 1.00 bits per heavy atom. The molecule has 3 heterocycles. The van der Waals surface area contributed by atoms with Gasteiger partial charge in [0.1, 0.15) is 16.3 Å². The second kappa shape index (κ2) is 12.8. The molecule has 2 aromatic heterocycles. The number of thiazole rings is 1. The molecule has 0 saturated heterocycles. The van der Waals surface area contributed by atoms with Crippen LogP contribution in [0.4, 0.5) is 5.69 Å². The minimum atomic E-state index is -1.04. The molecule has 1 saturated carbocycles. The molecule has 2 aliphatic rings. The summed E-state index contributed by atoms with van der Waals surface area (Å²) in [7, 11) is 1.63. The SMILES string of the molecule is COc1ccc(-c2csc(CN(C(=O)CSc3nc(C)cc(C)n3)C3(C(=O)Nc4ccc5c(c4)OCO5)CCCC3)n2)cc1. The Hall–Kier alpha value is -4.16. The van der Waals surface area contributed by atoms with E-state index in [1.165, 1.54) is 23.1 Å². The maximum atomic E-state index is 14.2. The molecular weight excluding hydrogens is 599 g/mol. The van der Waals surface area contributed by atoms with Crippen LogP contribution < -0.4 is 19.5 Å². The molecule has 44 heavy (non-hydrogen) atoms. The zero-order chi connectivity index (χ0) is 30.7. The van der Waals surface area contributed by atoms with Crippen molar-refractivity contribution in [3.8, 4) is 28.5 Å². The Bertz CT molecular complexity index is 1650. The predicted octanol–water partition coefficient (Wildman–Crippen LogP) is 6.03. The molecule has 1 aliphatic heterocycles. The average molecular weight is 632 g/mol. The van der Waals surface area contributed by atoms with Crippen LogP contribution in [0.25, 0.3) is 11.3 Å². The third kappa shape index (κ3) is 6.36. The smallest absolute Gasteiger partial charge is 0.250 e. The minimum Gasteiger partial charge on any atom is -0.497 e. The summed E-state index contributed by atoms with van der Waals surface area (Å²) in [6.07, 6.45) is 2.77. The van der Waals surface area contributed by atoms with Gasteiger partial charge in [-0.15, -0.1) is 11.3 Å². The van der Waals surface area contributed by atoms with Crippen LogP contribution in [0.15, 0.2) is 59.1 Å². The molecule has 0 spiro atoms. The van der Waals surface area contributed by atoms with Crippen LogP contribution in [-0.4, -0.2) is 56.9 Å². The number of amides is 2. The van der Waals surface area contributed by atoms with Crippen LogP contribution in [0, 0.1) is 13.8 Å². The summed E-state index contributed by atoms with van der Waals surface area (Å²) in [6.45, 7) is 4.17. The van der Waals surface area contributed by atoms with Crippen molar-refractivity contribution in [2.24, 2.45) is 0 Å². The molecule has 0 atom stereocenters. The highest BCUT2D eigenvalue weighted by molar-refractivity contribution is 7.99. The number of methoxy groups -OCH3 is 1. The van der Waals surface area contributed by atoms with E-state index < -0.39 is 5.54 Å². The average Bonchev–Trinajstić information content (AvgIpc) is 3.80. The number of carbonyl (C=O) groups is 2. The van der Waals surface area contributed by atoms with E-state index >= 15 is 0 Å². The highest BCUT2D eigenvalue weighted by atomic mass is 32.2. The van der Waals surface area contributed by atoms with Crippen LogP contribution in [-0.2, 0) is 16.1 Å². The van der Waals surface area contributed by atoms with E-state index in [0.717, 1.165) is 46.2 Å². The summed E-state index contributed by atoms with van der Waals surface area (Å²) >= 11 is 2.76. The first-order valence-corrected chi connectivity index (χ1v) is 16.2. The van der Waals surface area contributed by atoms with E-state index in [2.05, 4.69) is 15.3 Å². The van der Waals surface area contributed by atoms with Crippen LogP contribution in [0.5, 0.6) is 17.2 Å². The lowest BCUT2D eigenvalue weighted by Crippen LogP contribution is -2.57. The number of nitrogens with zero attached hydrogens (tertiary/aromatic N) is 4. The van der Waals surface area contributed by atoms with E-state index in [1.54, 1.807) is 30.2 Å². The first kappa shape index (κ1) is 29.9.